The summed E-state index contributed by atoms with van der Waals surface area (Å²) in [5.41, 5.74) is 1.04. The van der Waals surface area contributed by atoms with Crippen LogP contribution in [-0.4, -0.2) is 43.5 Å². The van der Waals surface area contributed by atoms with E-state index >= 15 is 0 Å². The van der Waals surface area contributed by atoms with Crippen LogP contribution in [0.25, 0.3) is 0 Å². The lowest BCUT2D eigenvalue weighted by atomic mass is 10.0. The van der Waals surface area contributed by atoms with Crippen molar-refractivity contribution in [3.63, 3.8) is 0 Å². The van der Waals surface area contributed by atoms with Crippen molar-refractivity contribution >= 4 is 5.78 Å². The Balaban J connectivity index is 1.82. The summed E-state index contributed by atoms with van der Waals surface area (Å²) in [5.74, 6) is -0.297. The second kappa shape index (κ2) is 6.95. The van der Waals surface area contributed by atoms with E-state index in [0.717, 1.165) is 32.5 Å². The van der Waals surface area contributed by atoms with E-state index in [9.17, 15) is 9.18 Å². The van der Waals surface area contributed by atoms with E-state index in [0.29, 0.717) is 23.7 Å². The quantitative estimate of drug-likeness (QED) is 0.776. The van der Waals surface area contributed by atoms with Gasteiger partial charge in [0.1, 0.15) is 5.82 Å². The molecule has 0 bridgehead atoms. The summed E-state index contributed by atoms with van der Waals surface area (Å²) in [5, 5.41) is 0. The van der Waals surface area contributed by atoms with Crippen LogP contribution in [-0.2, 0) is 4.74 Å². The number of Topliss-reactive ketones (excluding diaryl/α,β-unsaturated/α-hetero) is 1. The van der Waals surface area contributed by atoms with Gasteiger partial charge in [-0.15, -0.1) is 0 Å². The number of rotatable bonds is 5. The molecule has 1 fully saturated rings. The van der Waals surface area contributed by atoms with Crippen LogP contribution in [0.5, 0.6) is 0 Å². The molecule has 0 aromatic heterocycles. The minimum Gasteiger partial charge on any atom is -0.381 e. The van der Waals surface area contributed by atoms with Crippen molar-refractivity contribution in [2.24, 2.45) is 0 Å². The number of ether oxygens (including phenoxy) is 1. The zero-order valence-corrected chi connectivity index (χ0v) is 12.2. The molecule has 2 rings (SSSR count). The lowest BCUT2D eigenvalue weighted by molar-refractivity contribution is 0.0406. The largest absolute Gasteiger partial charge is 0.381 e. The molecule has 4 heteroatoms. The summed E-state index contributed by atoms with van der Waals surface area (Å²) in [6.07, 6.45) is 2.83. The lowest BCUT2D eigenvalue weighted by Crippen LogP contribution is -2.37. The molecule has 1 heterocycles. The molecule has 0 saturated carbocycles. The highest BCUT2D eigenvalue weighted by Gasteiger charge is 2.19. The van der Waals surface area contributed by atoms with Gasteiger partial charge in [-0.05, 0) is 31.4 Å². The van der Waals surface area contributed by atoms with E-state index in [1.807, 2.05) is 0 Å². The Morgan fingerprint density at radius 1 is 1.40 bits per heavy atom. The van der Waals surface area contributed by atoms with Crippen LogP contribution < -0.4 is 0 Å². The van der Waals surface area contributed by atoms with Gasteiger partial charge < -0.3 is 9.64 Å². The second-order valence-corrected chi connectivity index (χ2v) is 5.41. The fourth-order valence-corrected chi connectivity index (χ4v) is 2.54. The first-order chi connectivity index (χ1) is 9.60. The predicted molar refractivity (Wildman–Crippen MR) is 76.6 cm³/mol. The van der Waals surface area contributed by atoms with Gasteiger partial charge in [-0.3, -0.25) is 4.79 Å². The van der Waals surface area contributed by atoms with Crippen LogP contribution in [0.1, 0.15) is 35.2 Å². The van der Waals surface area contributed by atoms with E-state index in [2.05, 4.69) is 4.90 Å². The van der Waals surface area contributed by atoms with Crippen molar-refractivity contribution in [1.82, 2.24) is 4.90 Å². The molecular weight excluding hydrogens is 257 g/mol. The molecule has 3 nitrogen and oxygen atoms in total. The SMILES string of the molecule is COC1CCN(CCC(=O)c2ccc(C)c(F)c2)CC1. The fourth-order valence-electron chi connectivity index (χ4n) is 2.54. The summed E-state index contributed by atoms with van der Waals surface area (Å²) < 4.78 is 18.8. The van der Waals surface area contributed by atoms with Crippen molar-refractivity contribution in [3.05, 3.63) is 35.1 Å². The van der Waals surface area contributed by atoms with Crippen molar-refractivity contribution in [2.75, 3.05) is 26.7 Å². The number of hydrogen-bond acceptors (Lipinski definition) is 3. The van der Waals surface area contributed by atoms with Crippen LogP contribution in [0, 0.1) is 12.7 Å². The number of likely N-dealkylation sites (tertiary alicyclic amines) is 1. The second-order valence-electron chi connectivity index (χ2n) is 5.41. The monoisotopic (exact) mass is 279 g/mol. The van der Waals surface area contributed by atoms with E-state index < -0.39 is 0 Å². The molecule has 0 radical (unpaired) electrons. The van der Waals surface area contributed by atoms with Gasteiger partial charge in [-0.25, -0.2) is 4.39 Å². The molecule has 0 amide bonds. The third-order valence-electron chi connectivity index (χ3n) is 4.02. The molecule has 1 aliphatic rings. The molecule has 0 unspecified atom stereocenters. The maximum absolute atomic E-state index is 13.4. The Kier molecular flexibility index (Phi) is 5.26. The Morgan fingerprint density at radius 2 is 2.10 bits per heavy atom. The van der Waals surface area contributed by atoms with Crippen LogP contribution in [0.4, 0.5) is 4.39 Å². The Hall–Kier alpha value is -1.26. The van der Waals surface area contributed by atoms with Gasteiger partial charge in [0.15, 0.2) is 5.78 Å². The molecule has 0 atom stereocenters. The van der Waals surface area contributed by atoms with Crippen molar-refractivity contribution < 1.29 is 13.9 Å². The molecule has 1 aromatic rings. The van der Waals surface area contributed by atoms with Crippen molar-refractivity contribution in [3.8, 4) is 0 Å². The summed E-state index contributed by atoms with van der Waals surface area (Å²) in [6.45, 7) is 4.37. The zero-order valence-electron chi connectivity index (χ0n) is 12.2. The predicted octanol–water partition coefficient (Wildman–Crippen LogP) is 2.82. The topological polar surface area (TPSA) is 29.5 Å². The highest BCUT2D eigenvalue weighted by atomic mass is 19.1. The highest BCUT2D eigenvalue weighted by Crippen LogP contribution is 2.15. The molecular formula is C16H22FNO2. The number of hydrogen-bond donors (Lipinski definition) is 0. The van der Waals surface area contributed by atoms with Crippen molar-refractivity contribution in [2.45, 2.75) is 32.3 Å². The third-order valence-corrected chi connectivity index (χ3v) is 4.02. The van der Waals surface area contributed by atoms with Gasteiger partial charge in [0.25, 0.3) is 0 Å². The van der Waals surface area contributed by atoms with Crippen molar-refractivity contribution in [1.29, 1.82) is 0 Å². The van der Waals surface area contributed by atoms with E-state index in [1.165, 1.54) is 6.07 Å². The maximum Gasteiger partial charge on any atom is 0.164 e. The average Bonchev–Trinajstić information content (AvgIpc) is 2.48. The number of halogens is 1. The first-order valence-electron chi connectivity index (χ1n) is 7.14. The minimum atomic E-state index is -0.309. The lowest BCUT2D eigenvalue weighted by Gasteiger charge is -2.30. The molecule has 0 spiro atoms. The number of carbonyl (C=O) groups is 1. The Bertz CT molecular complexity index is 468. The number of piperidine rings is 1. The molecule has 1 aromatic carbocycles. The number of ketones is 1. The maximum atomic E-state index is 13.4. The highest BCUT2D eigenvalue weighted by molar-refractivity contribution is 5.96. The molecule has 110 valence electrons. The Labute approximate surface area is 119 Å². The van der Waals surface area contributed by atoms with Gasteiger partial charge in [0.05, 0.1) is 6.10 Å². The number of nitrogens with zero attached hydrogens (tertiary/aromatic N) is 1. The van der Waals surface area contributed by atoms with Crippen LogP contribution in [0.2, 0.25) is 0 Å². The molecule has 0 aliphatic carbocycles. The van der Waals surface area contributed by atoms with E-state index in [4.69, 9.17) is 4.74 Å². The number of benzene rings is 1. The fraction of sp³-hybridized carbons (Fsp3) is 0.562. The molecule has 1 aliphatic heterocycles. The standard InChI is InChI=1S/C16H22FNO2/c1-12-3-4-13(11-15(12)17)16(19)7-10-18-8-5-14(20-2)6-9-18/h3-4,11,14H,5-10H2,1-2H3. The molecule has 20 heavy (non-hydrogen) atoms. The third kappa shape index (κ3) is 3.87. The van der Waals surface area contributed by atoms with E-state index in [1.54, 1.807) is 26.2 Å². The first kappa shape index (κ1) is 15.1. The van der Waals surface area contributed by atoms with E-state index in [-0.39, 0.29) is 11.6 Å². The van der Waals surface area contributed by atoms with Crippen LogP contribution >= 0.6 is 0 Å². The summed E-state index contributed by atoms with van der Waals surface area (Å²) in [6, 6.07) is 4.71. The first-order valence-corrected chi connectivity index (χ1v) is 7.14. The molecule has 1 saturated heterocycles. The number of methoxy groups -OCH3 is 1. The summed E-state index contributed by atoms with van der Waals surface area (Å²) in [7, 11) is 1.75. The number of carbonyl (C=O) groups excluding carboxylic acids is 1. The van der Waals surface area contributed by atoms with Gasteiger partial charge in [0.2, 0.25) is 0 Å². The van der Waals surface area contributed by atoms with Gasteiger partial charge in [0, 0.05) is 38.7 Å². The Morgan fingerprint density at radius 3 is 2.70 bits per heavy atom. The molecule has 0 N–H and O–H groups in total. The normalized spacial score (nSPS) is 17.4. The van der Waals surface area contributed by atoms with Gasteiger partial charge >= 0.3 is 0 Å². The summed E-state index contributed by atoms with van der Waals surface area (Å²) in [4.78, 5) is 14.3. The minimum absolute atomic E-state index is 0.0118. The summed E-state index contributed by atoms with van der Waals surface area (Å²) >= 11 is 0. The van der Waals surface area contributed by atoms with Crippen LogP contribution in [0.15, 0.2) is 18.2 Å². The number of aryl methyl sites for hydroxylation is 1. The average molecular weight is 279 g/mol. The zero-order chi connectivity index (χ0) is 14.5. The van der Waals surface area contributed by atoms with Crippen LogP contribution in [0.3, 0.4) is 0 Å². The smallest absolute Gasteiger partial charge is 0.164 e. The van der Waals surface area contributed by atoms with Gasteiger partial charge in [-0.2, -0.15) is 0 Å². The van der Waals surface area contributed by atoms with Gasteiger partial charge in [-0.1, -0.05) is 12.1 Å².